The second kappa shape index (κ2) is 6.43. The third-order valence-corrected chi connectivity index (χ3v) is 5.63. The van der Waals surface area contributed by atoms with E-state index in [9.17, 15) is 13.6 Å². The Morgan fingerprint density at radius 3 is 2.40 bits per heavy atom. The van der Waals surface area contributed by atoms with E-state index < -0.39 is 23.1 Å². The Morgan fingerprint density at radius 1 is 1.35 bits per heavy atom. The first-order chi connectivity index (χ1) is 9.47. The fourth-order valence-electron chi connectivity index (χ4n) is 2.56. The summed E-state index contributed by atoms with van der Waals surface area (Å²) >= 11 is 4.71. The number of hydrogen-bond acceptors (Lipinski definition) is 2. The number of thioether (sulfide) groups is 1. The third kappa shape index (κ3) is 3.34. The van der Waals surface area contributed by atoms with Crippen LogP contribution in [0.3, 0.4) is 0 Å². The molecule has 0 aromatic heterocycles. The minimum absolute atomic E-state index is 0.0119. The fraction of sp³-hybridized carbons (Fsp3) is 0.500. The second-order valence-electron chi connectivity index (χ2n) is 5.02. The van der Waals surface area contributed by atoms with Crippen LogP contribution in [0.4, 0.5) is 8.78 Å². The first kappa shape index (κ1) is 15.8. The number of amides is 1. The molecule has 0 saturated heterocycles. The highest BCUT2D eigenvalue weighted by Crippen LogP contribution is 2.39. The predicted molar refractivity (Wildman–Crippen MR) is 81.1 cm³/mol. The van der Waals surface area contributed by atoms with Crippen LogP contribution in [0.5, 0.6) is 0 Å². The van der Waals surface area contributed by atoms with Gasteiger partial charge in [-0.05, 0) is 31.2 Å². The molecule has 0 aliphatic heterocycles. The van der Waals surface area contributed by atoms with Gasteiger partial charge in [-0.15, -0.1) is 0 Å². The van der Waals surface area contributed by atoms with E-state index in [1.165, 1.54) is 0 Å². The number of halogens is 3. The highest BCUT2D eigenvalue weighted by atomic mass is 79.9. The van der Waals surface area contributed by atoms with E-state index in [0.29, 0.717) is 6.54 Å². The molecule has 2 rings (SSSR count). The van der Waals surface area contributed by atoms with Gasteiger partial charge in [-0.25, -0.2) is 8.78 Å². The van der Waals surface area contributed by atoms with E-state index in [1.807, 2.05) is 6.26 Å². The zero-order valence-electron chi connectivity index (χ0n) is 11.1. The van der Waals surface area contributed by atoms with Gasteiger partial charge in [0.25, 0.3) is 5.91 Å². The normalized spacial score (nSPS) is 17.2. The lowest BCUT2D eigenvalue weighted by molar-refractivity contribution is 0.0941. The Balaban J connectivity index is 2.09. The topological polar surface area (TPSA) is 29.1 Å². The second-order valence-corrected chi connectivity index (χ2v) is 7.21. The molecular formula is C14H16BrF2NOS. The molecule has 0 bridgehead atoms. The lowest BCUT2D eigenvalue weighted by atomic mass is 10.1. The van der Waals surface area contributed by atoms with Crippen molar-refractivity contribution in [1.29, 1.82) is 0 Å². The van der Waals surface area contributed by atoms with Gasteiger partial charge >= 0.3 is 0 Å². The van der Waals surface area contributed by atoms with Crippen LogP contribution in [0.1, 0.15) is 36.0 Å². The largest absolute Gasteiger partial charge is 0.350 e. The lowest BCUT2D eigenvalue weighted by Crippen LogP contribution is -2.39. The molecule has 1 aliphatic carbocycles. The molecule has 0 spiro atoms. The maximum absolute atomic E-state index is 13.7. The Labute approximate surface area is 129 Å². The molecule has 20 heavy (non-hydrogen) atoms. The Hall–Kier alpha value is -0.620. The van der Waals surface area contributed by atoms with E-state index >= 15 is 0 Å². The molecule has 110 valence electrons. The summed E-state index contributed by atoms with van der Waals surface area (Å²) in [7, 11) is 0. The van der Waals surface area contributed by atoms with Crippen LogP contribution in [0.25, 0.3) is 0 Å². The number of nitrogens with one attached hydrogen (secondary N) is 1. The average molecular weight is 364 g/mol. The molecule has 1 N–H and O–H groups in total. The molecule has 1 aromatic rings. The number of carbonyl (C=O) groups is 1. The summed E-state index contributed by atoms with van der Waals surface area (Å²) in [6.07, 6.45) is 6.34. The van der Waals surface area contributed by atoms with Crippen molar-refractivity contribution in [3.05, 3.63) is 33.8 Å². The molecular weight excluding hydrogens is 348 g/mol. The van der Waals surface area contributed by atoms with Crippen molar-refractivity contribution in [1.82, 2.24) is 5.32 Å². The van der Waals surface area contributed by atoms with Crippen molar-refractivity contribution in [3.63, 3.8) is 0 Å². The summed E-state index contributed by atoms with van der Waals surface area (Å²) in [6.45, 7) is 0.446. The molecule has 0 unspecified atom stereocenters. The summed E-state index contributed by atoms with van der Waals surface area (Å²) in [6, 6.07) is 2.19. The molecule has 6 heteroatoms. The van der Waals surface area contributed by atoms with E-state index in [4.69, 9.17) is 0 Å². The maximum atomic E-state index is 13.7. The van der Waals surface area contributed by atoms with Gasteiger partial charge in [-0.3, -0.25) is 4.79 Å². The van der Waals surface area contributed by atoms with Crippen molar-refractivity contribution < 1.29 is 13.6 Å². The van der Waals surface area contributed by atoms with Crippen LogP contribution < -0.4 is 5.32 Å². The molecule has 0 radical (unpaired) electrons. The molecule has 0 atom stereocenters. The molecule has 2 nitrogen and oxygen atoms in total. The van der Waals surface area contributed by atoms with Gasteiger partial charge in [0.05, 0.1) is 0 Å². The van der Waals surface area contributed by atoms with Crippen LogP contribution in [0.15, 0.2) is 16.6 Å². The van der Waals surface area contributed by atoms with E-state index in [1.54, 1.807) is 11.8 Å². The van der Waals surface area contributed by atoms with Crippen LogP contribution in [0.2, 0.25) is 0 Å². The third-order valence-electron chi connectivity index (χ3n) is 3.75. The van der Waals surface area contributed by atoms with Crippen molar-refractivity contribution in [2.75, 3.05) is 12.8 Å². The zero-order valence-corrected chi connectivity index (χ0v) is 13.5. The maximum Gasteiger partial charge on any atom is 0.257 e. The quantitative estimate of drug-likeness (QED) is 0.870. The molecule has 1 fully saturated rings. The number of hydrogen-bond donors (Lipinski definition) is 1. The monoisotopic (exact) mass is 363 g/mol. The van der Waals surface area contributed by atoms with Gasteiger partial charge < -0.3 is 5.32 Å². The van der Waals surface area contributed by atoms with Gasteiger partial charge in [0.15, 0.2) is 0 Å². The van der Waals surface area contributed by atoms with Crippen molar-refractivity contribution >= 4 is 33.6 Å². The Kier molecular flexibility index (Phi) is 5.07. The van der Waals surface area contributed by atoms with Gasteiger partial charge in [-0.1, -0.05) is 28.8 Å². The van der Waals surface area contributed by atoms with E-state index in [0.717, 1.165) is 37.8 Å². The molecule has 1 saturated carbocycles. The van der Waals surface area contributed by atoms with Crippen molar-refractivity contribution in [2.45, 2.75) is 30.4 Å². The molecule has 1 aliphatic rings. The van der Waals surface area contributed by atoms with E-state index in [2.05, 4.69) is 21.2 Å². The summed E-state index contributed by atoms with van der Waals surface area (Å²) in [5.41, 5.74) is -0.512. The van der Waals surface area contributed by atoms with Crippen LogP contribution in [-0.4, -0.2) is 23.5 Å². The van der Waals surface area contributed by atoms with Crippen molar-refractivity contribution in [2.24, 2.45) is 0 Å². The molecule has 1 aromatic carbocycles. The van der Waals surface area contributed by atoms with Gasteiger partial charge in [-0.2, -0.15) is 11.8 Å². The first-order valence-corrected chi connectivity index (χ1v) is 8.47. The highest BCUT2D eigenvalue weighted by Gasteiger charge is 2.33. The van der Waals surface area contributed by atoms with Crippen LogP contribution >= 0.6 is 27.7 Å². The highest BCUT2D eigenvalue weighted by molar-refractivity contribution is 9.10. The predicted octanol–water partition coefficient (Wildman–Crippen LogP) is 4.13. The summed E-state index contributed by atoms with van der Waals surface area (Å²) < 4.78 is 27.7. The minimum Gasteiger partial charge on any atom is -0.350 e. The van der Waals surface area contributed by atoms with Gasteiger partial charge in [0.2, 0.25) is 0 Å². The number of benzene rings is 1. The molecule has 0 heterocycles. The van der Waals surface area contributed by atoms with Crippen LogP contribution in [-0.2, 0) is 0 Å². The van der Waals surface area contributed by atoms with Crippen LogP contribution in [0, 0.1) is 11.6 Å². The fourth-order valence-corrected chi connectivity index (χ4v) is 3.88. The summed E-state index contributed by atoms with van der Waals surface area (Å²) in [5, 5.41) is 2.68. The summed E-state index contributed by atoms with van der Waals surface area (Å²) in [4.78, 5) is 12.0. The summed E-state index contributed by atoms with van der Waals surface area (Å²) in [5.74, 6) is -2.38. The minimum atomic E-state index is -0.848. The Bertz CT molecular complexity index is 495. The smallest absolute Gasteiger partial charge is 0.257 e. The SMILES string of the molecule is CSC1(CNC(=O)c2c(F)cc(Br)cc2F)CCCC1. The Morgan fingerprint density at radius 2 is 1.90 bits per heavy atom. The van der Waals surface area contributed by atoms with Crippen molar-refractivity contribution in [3.8, 4) is 0 Å². The molecule has 1 amide bonds. The van der Waals surface area contributed by atoms with E-state index in [-0.39, 0.29) is 9.22 Å². The number of rotatable bonds is 4. The first-order valence-electron chi connectivity index (χ1n) is 6.45. The van der Waals surface area contributed by atoms with Gasteiger partial charge in [0, 0.05) is 15.8 Å². The standard InChI is InChI=1S/C14H16BrF2NOS/c1-20-14(4-2-3-5-14)8-18-13(19)12-10(16)6-9(15)7-11(12)17/h6-7H,2-5,8H2,1H3,(H,18,19). The van der Waals surface area contributed by atoms with Gasteiger partial charge in [0.1, 0.15) is 17.2 Å². The zero-order chi connectivity index (χ0) is 14.8. The number of carbonyl (C=O) groups excluding carboxylic acids is 1. The average Bonchev–Trinajstić information content (AvgIpc) is 2.84. The lowest BCUT2D eigenvalue weighted by Gasteiger charge is -2.27.